The predicted molar refractivity (Wildman–Crippen MR) is 159 cm³/mol. The number of benzene rings is 4. The number of halogens is 1. The van der Waals surface area contributed by atoms with Crippen molar-refractivity contribution in [2.45, 2.75) is 32.4 Å². The van der Waals surface area contributed by atoms with Gasteiger partial charge in [0.15, 0.2) is 0 Å². The topological polar surface area (TPSA) is 79.3 Å². The van der Waals surface area contributed by atoms with E-state index in [9.17, 15) is 19.1 Å². The molecule has 0 radical (unpaired) electrons. The minimum absolute atomic E-state index is 0.0161. The Balaban J connectivity index is 1.11. The van der Waals surface area contributed by atoms with Crippen LogP contribution in [0.1, 0.15) is 24.5 Å². The molecule has 4 aromatic rings. The molecule has 1 aliphatic rings. The normalized spacial score (nSPS) is 16.5. The fourth-order valence-corrected chi connectivity index (χ4v) is 5.24. The van der Waals surface area contributed by atoms with Crippen LogP contribution in [0.5, 0.6) is 11.5 Å². The summed E-state index contributed by atoms with van der Waals surface area (Å²) < 4.78 is 24.8. The minimum Gasteiger partial charge on any atom is -0.494 e. The van der Waals surface area contributed by atoms with Crippen molar-refractivity contribution in [3.8, 4) is 11.5 Å². The lowest BCUT2D eigenvalue weighted by atomic mass is 9.84. The van der Waals surface area contributed by atoms with Gasteiger partial charge in [-0.1, -0.05) is 48.5 Å². The fourth-order valence-electron chi connectivity index (χ4n) is 5.24. The number of likely N-dealkylation sites (N-methyl/N-ethyl adjacent to an activating group) is 1. The molecule has 8 heteroatoms. The first-order valence-electron chi connectivity index (χ1n) is 14.0. The number of carboxylic acids is 1. The van der Waals surface area contributed by atoms with Crippen molar-refractivity contribution in [1.29, 1.82) is 0 Å². The van der Waals surface area contributed by atoms with Crippen LogP contribution in [0.3, 0.4) is 0 Å². The first-order chi connectivity index (χ1) is 20.2. The highest BCUT2D eigenvalue weighted by Crippen LogP contribution is 2.27. The summed E-state index contributed by atoms with van der Waals surface area (Å²) in [5, 5.41) is 12.2. The van der Waals surface area contributed by atoms with E-state index in [-0.39, 0.29) is 30.9 Å². The third kappa shape index (κ3) is 6.82. The summed E-state index contributed by atoms with van der Waals surface area (Å²) in [6, 6.07) is 27.4. The molecule has 2 atom stereocenters. The van der Waals surface area contributed by atoms with E-state index in [1.807, 2.05) is 48.3 Å². The third-order valence-electron chi connectivity index (χ3n) is 7.86. The minimum atomic E-state index is -1.17. The van der Waals surface area contributed by atoms with Gasteiger partial charge in [0.2, 0.25) is 0 Å². The van der Waals surface area contributed by atoms with Crippen LogP contribution in [0.25, 0.3) is 10.8 Å². The van der Waals surface area contributed by atoms with E-state index in [1.54, 1.807) is 11.8 Å². The zero-order valence-corrected chi connectivity index (χ0v) is 23.8. The summed E-state index contributed by atoms with van der Waals surface area (Å²) in [5.41, 5.74) is 0.767. The molecule has 5 rings (SSSR count). The zero-order valence-electron chi connectivity index (χ0n) is 23.8. The number of fused-ring (bicyclic) bond motifs is 1. The molecular weight excluding hydrogens is 535 g/mol. The van der Waals surface area contributed by atoms with Crippen LogP contribution in [-0.4, -0.2) is 59.8 Å². The van der Waals surface area contributed by atoms with Crippen molar-refractivity contribution in [2.75, 3.05) is 26.8 Å². The summed E-state index contributed by atoms with van der Waals surface area (Å²) in [6.07, 6.45) is 0.946. The smallest absolute Gasteiger partial charge is 0.320 e. The highest BCUT2D eigenvalue weighted by Gasteiger charge is 2.35. The van der Waals surface area contributed by atoms with Crippen LogP contribution in [0, 0.1) is 11.2 Å². The van der Waals surface area contributed by atoms with Crippen molar-refractivity contribution >= 4 is 22.8 Å². The Bertz CT molecular complexity index is 1540. The molecule has 1 N–H and O–H groups in total. The Kier molecular flexibility index (Phi) is 8.61. The summed E-state index contributed by atoms with van der Waals surface area (Å²) in [5.74, 6) is -0.263. The Morgan fingerprint density at radius 3 is 2.29 bits per heavy atom. The molecule has 0 spiro atoms. The molecule has 1 heterocycles. The van der Waals surface area contributed by atoms with E-state index < -0.39 is 11.4 Å². The van der Waals surface area contributed by atoms with Crippen LogP contribution in [-0.2, 0) is 17.8 Å². The molecule has 42 heavy (non-hydrogen) atoms. The lowest BCUT2D eigenvalue weighted by molar-refractivity contribution is -0.149. The van der Waals surface area contributed by atoms with Gasteiger partial charge in [0.05, 0.1) is 12.6 Å². The van der Waals surface area contributed by atoms with Crippen LogP contribution >= 0.6 is 0 Å². The van der Waals surface area contributed by atoms with E-state index in [0.29, 0.717) is 37.6 Å². The second-order valence-electron chi connectivity index (χ2n) is 11.2. The first kappa shape index (κ1) is 28.9. The number of carbonyl (C=O) groups excluding carboxylic acids is 1. The van der Waals surface area contributed by atoms with Crippen molar-refractivity contribution in [2.24, 2.45) is 5.41 Å². The SMILES string of the molecule is CN1C(=O)N(Cc2ccc3ccccc3c2)CC1CCOc1ccc(CC(C)(COc2ccc(F)cc2)C(=O)O)cc1. The lowest BCUT2D eigenvalue weighted by Crippen LogP contribution is -2.36. The molecule has 1 fully saturated rings. The molecule has 2 amide bonds. The largest absolute Gasteiger partial charge is 0.494 e. The summed E-state index contributed by atoms with van der Waals surface area (Å²) in [4.78, 5) is 28.6. The van der Waals surface area contributed by atoms with Gasteiger partial charge < -0.3 is 24.4 Å². The second-order valence-corrected chi connectivity index (χ2v) is 11.2. The number of aliphatic carboxylic acids is 1. The van der Waals surface area contributed by atoms with Gasteiger partial charge >= 0.3 is 12.0 Å². The maximum Gasteiger partial charge on any atom is 0.320 e. The molecule has 1 aliphatic heterocycles. The van der Waals surface area contributed by atoms with Gasteiger partial charge in [0.25, 0.3) is 0 Å². The highest BCUT2D eigenvalue weighted by molar-refractivity contribution is 5.83. The maximum absolute atomic E-state index is 13.1. The number of urea groups is 1. The van der Waals surface area contributed by atoms with Crippen LogP contribution < -0.4 is 9.47 Å². The van der Waals surface area contributed by atoms with E-state index >= 15 is 0 Å². The number of nitrogens with zero attached hydrogens (tertiary/aromatic N) is 2. The number of ether oxygens (including phenoxy) is 2. The molecule has 2 unspecified atom stereocenters. The molecule has 4 aromatic carbocycles. The predicted octanol–water partition coefficient (Wildman–Crippen LogP) is 6.40. The standard InChI is InChI=1S/C34H35FN2O5/c1-34(32(38)39,23-42-31-15-11-28(35)12-16-31)20-24-8-13-30(14-9-24)41-18-17-29-22-37(33(40)36(29)2)21-25-7-10-26-5-3-4-6-27(26)19-25/h3-16,19,29H,17-18,20-23H2,1-2H3,(H,38,39). The van der Waals surface area contributed by atoms with Crippen molar-refractivity contribution < 1.29 is 28.6 Å². The van der Waals surface area contributed by atoms with Crippen molar-refractivity contribution in [3.05, 3.63) is 108 Å². The van der Waals surface area contributed by atoms with E-state index in [2.05, 4.69) is 30.3 Å². The summed E-state index contributed by atoms with van der Waals surface area (Å²) >= 11 is 0. The molecule has 0 aliphatic carbocycles. The Morgan fingerprint density at radius 1 is 0.929 bits per heavy atom. The average Bonchev–Trinajstić information content (AvgIpc) is 3.25. The van der Waals surface area contributed by atoms with Crippen molar-refractivity contribution in [1.82, 2.24) is 9.80 Å². The van der Waals surface area contributed by atoms with Gasteiger partial charge in [0.1, 0.15) is 29.3 Å². The first-order valence-corrected chi connectivity index (χ1v) is 14.0. The quantitative estimate of drug-likeness (QED) is 0.213. The van der Waals surface area contributed by atoms with Gasteiger partial charge in [-0.2, -0.15) is 0 Å². The molecule has 0 saturated carbocycles. The van der Waals surface area contributed by atoms with Crippen molar-refractivity contribution in [3.63, 3.8) is 0 Å². The molecular formula is C34H35FN2O5. The van der Waals surface area contributed by atoms with Gasteiger partial charge in [-0.3, -0.25) is 4.79 Å². The molecule has 218 valence electrons. The van der Waals surface area contributed by atoms with Crippen LogP contribution in [0.15, 0.2) is 91.0 Å². The number of carbonyl (C=O) groups is 2. The monoisotopic (exact) mass is 570 g/mol. The third-order valence-corrected chi connectivity index (χ3v) is 7.86. The zero-order chi connectivity index (χ0) is 29.7. The van der Waals surface area contributed by atoms with Gasteiger partial charge in [0, 0.05) is 26.6 Å². The maximum atomic E-state index is 13.1. The second kappa shape index (κ2) is 12.5. The van der Waals surface area contributed by atoms with Gasteiger partial charge in [-0.15, -0.1) is 0 Å². The number of carboxylic acid groups (broad SMARTS) is 1. The summed E-state index contributed by atoms with van der Waals surface area (Å²) in [7, 11) is 1.83. The molecule has 7 nitrogen and oxygen atoms in total. The molecule has 0 bridgehead atoms. The average molecular weight is 571 g/mol. The number of amides is 2. The highest BCUT2D eigenvalue weighted by atomic mass is 19.1. The summed E-state index contributed by atoms with van der Waals surface area (Å²) in [6.45, 7) is 3.22. The molecule has 0 aromatic heterocycles. The van der Waals surface area contributed by atoms with Crippen LogP contribution in [0.2, 0.25) is 0 Å². The fraction of sp³-hybridized carbons (Fsp3) is 0.294. The lowest BCUT2D eigenvalue weighted by Gasteiger charge is -2.25. The number of rotatable bonds is 12. The van der Waals surface area contributed by atoms with E-state index in [0.717, 1.165) is 16.5 Å². The Hall–Kier alpha value is -4.59. The van der Waals surface area contributed by atoms with E-state index in [1.165, 1.54) is 29.7 Å². The van der Waals surface area contributed by atoms with E-state index in [4.69, 9.17) is 9.47 Å². The Morgan fingerprint density at radius 2 is 1.57 bits per heavy atom. The Labute approximate surface area is 245 Å². The van der Waals surface area contributed by atoms with Gasteiger partial charge in [-0.25, -0.2) is 9.18 Å². The number of hydrogen-bond acceptors (Lipinski definition) is 4. The number of hydrogen-bond donors (Lipinski definition) is 1. The van der Waals surface area contributed by atoms with Crippen LogP contribution in [0.4, 0.5) is 9.18 Å². The van der Waals surface area contributed by atoms with Gasteiger partial charge in [-0.05, 0) is 77.7 Å². The molecule has 1 saturated heterocycles.